The highest BCUT2D eigenvalue weighted by Gasteiger charge is 2.31. The van der Waals surface area contributed by atoms with Gasteiger partial charge in [-0.3, -0.25) is 4.79 Å². The molecule has 2 atom stereocenters. The van der Waals surface area contributed by atoms with E-state index in [9.17, 15) is 4.79 Å². The minimum atomic E-state index is 0.175. The standard InChI is InChI=1S/C19H29NO/c1-13(2)17-8-6-5-7-9-18(17)19(21)20-16-11-10-14(3)15(4)12-16/h10-13,17-18H,5-9H2,1-4H3,(H,20,21). The second-order valence-corrected chi connectivity index (χ2v) is 6.94. The summed E-state index contributed by atoms with van der Waals surface area (Å²) in [6.45, 7) is 8.70. The zero-order chi connectivity index (χ0) is 15.4. The summed E-state index contributed by atoms with van der Waals surface area (Å²) in [7, 11) is 0. The quantitative estimate of drug-likeness (QED) is 0.770. The van der Waals surface area contributed by atoms with Gasteiger partial charge in [-0.15, -0.1) is 0 Å². The van der Waals surface area contributed by atoms with Crippen molar-refractivity contribution in [2.45, 2.75) is 59.8 Å². The van der Waals surface area contributed by atoms with E-state index in [2.05, 4.69) is 45.1 Å². The van der Waals surface area contributed by atoms with Crippen LogP contribution in [0.5, 0.6) is 0 Å². The molecule has 1 amide bonds. The molecule has 21 heavy (non-hydrogen) atoms. The highest BCUT2D eigenvalue weighted by atomic mass is 16.1. The second kappa shape index (κ2) is 7.11. The minimum absolute atomic E-state index is 0.175. The molecule has 0 aromatic heterocycles. The molecule has 2 heteroatoms. The first-order valence-corrected chi connectivity index (χ1v) is 8.37. The van der Waals surface area contributed by atoms with Gasteiger partial charge in [-0.05, 0) is 61.8 Å². The zero-order valence-corrected chi connectivity index (χ0v) is 13.9. The van der Waals surface area contributed by atoms with Crippen LogP contribution in [0.2, 0.25) is 0 Å². The third kappa shape index (κ3) is 4.09. The van der Waals surface area contributed by atoms with Crippen LogP contribution in [-0.2, 0) is 4.79 Å². The maximum absolute atomic E-state index is 12.7. The Hall–Kier alpha value is -1.31. The van der Waals surface area contributed by atoms with Crippen molar-refractivity contribution < 1.29 is 4.79 Å². The van der Waals surface area contributed by atoms with Gasteiger partial charge in [0, 0.05) is 11.6 Å². The summed E-state index contributed by atoms with van der Waals surface area (Å²) in [6, 6.07) is 6.17. The van der Waals surface area contributed by atoms with Crippen LogP contribution < -0.4 is 5.32 Å². The van der Waals surface area contributed by atoms with Gasteiger partial charge < -0.3 is 5.32 Å². The van der Waals surface area contributed by atoms with Crippen molar-refractivity contribution >= 4 is 11.6 Å². The Morgan fingerprint density at radius 1 is 1.10 bits per heavy atom. The second-order valence-electron chi connectivity index (χ2n) is 6.94. The molecule has 0 aliphatic heterocycles. The van der Waals surface area contributed by atoms with Gasteiger partial charge in [0.1, 0.15) is 0 Å². The highest BCUT2D eigenvalue weighted by molar-refractivity contribution is 5.92. The molecule has 1 aromatic rings. The molecule has 1 aromatic carbocycles. The van der Waals surface area contributed by atoms with Gasteiger partial charge in [0.05, 0.1) is 0 Å². The van der Waals surface area contributed by atoms with Crippen molar-refractivity contribution in [3.63, 3.8) is 0 Å². The van der Waals surface area contributed by atoms with E-state index in [4.69, 9.17) is 0 Å². The largest absolute Gasteiger partial charge is 0.326 e. The van der Waals surface area contributed by atoms with E-state index in [1.165, 1.54) is 36.8 Å². The third-order valence-electron chi connectivity index (χ3n) is 5.04. The van der Waals surface area contributed by atoms with Gasteiger partial charge in [0.2, 0.25) is 5.91 Å². The highest BCUT2D eigenvalue weighted by Crippen LogP contribution is 2.34. The fourth-order valence-corrected chi connectivity index (χ4v) is 3.51. The Kier molecular flexibility index (Phi) is 5.44. The van der Waals surface area contributed by atoms with Gasteiger partial charge in [-0.2, -0.15) is 0 Å². The maximum atomic E-state index is 12.7. The lowest BCUT2D eigenvalue weighted by atomic mass is 9.79. The number of carbonyl (C=O) groups is 1. The molecule has 1 fully saturated rings. The summed E-state index contributed by atoms with van der Waals surface area (Å²) >= 11 is 0. The third-order valence-corrected chi connectivity index (χ3v) is 5.04. The number of rotatable bonds is 3. The van der Waals surface area contributed by atoms with Crippen LogP contribution in [0.3, 0.4) is 0 Å². The van der Waals surface area contributed by atoms with Crippen LogP contribution in [0.1, 0.15) is 57.1 Å². The molecular formula is C19H29NO. The van der Waals surface area contributed by atoms with E-state index in [-0.39, 0.29) is 11.8 Å². The van der Waals surface area contributed by atoms with Crippen molar-refractivity contribution in [1.29, 1.82) is 0 Å². The number of benzene rings is 1. The number of anilines is 1. The van der Waals surface area contributed by atoms with Crippen LogP contribution in [0.25, 0.3) is 0 Å². The first kappa shape index (κ1) is 16.1. The van der Waals surface area contributed by atoms with E-state index in [0.29, 0.717) is 11.8 Å². The Labute approximate surface area is 129 Å². The normalized spacial score (nSPS) is 22.9. The fraction of sp³-hybridized carbons (Fsp3) is 0.632. The zero-order valence-electron chi connectivity index (χ0n) is 13.9. The lowest BCUT2D eigenvalue weighted by Gasteiger charge is -2.27. The average Bonchev–Trinajstić information content (AvgIpc) is 2.68. The topological polar surface area (TPSA) is 29.1 Å². The summed E-state index contributed by atoms with van der Waals surface area (Å²) in [6.07, 6.45) is 5.98. The number of nitrogens with one attached hydrogen (secondary N) is 1. The molecule has 2 nitrogen and oxygen atoms in total. The van der Waals surface area contributed by atoms with E-state index in [1.807, 2.05) is 6.07 Å². The molecule has 1 N–H and O–H groups in total. The Morgan fingerprint density at radius 3 is 2.48 bits per heavy atom. The average molecular weight is 287 g/mol. The number of carbonyl (C=O) groups excluding carboxylic acids is 1. The minimum Gasteiger partial charge on any atom is -0.326 e. The Balaban J connectivity index is 2.10. The monoisotopic (exact) mass is 287 g/mol. The maximum Gasteiger partial charge on any atom is 0.227 e. The molecule has 0 spiro atoms. The van der Waals surface area contributed by atoms with Crippen LogP contribution in [-0.4, -0.2) is 5.91 Å². The van der Waals surface area contributed by atoms with Gasteiger partial charge in [0.25, 0.3) is 0 Å². The van der Waals surface area contributed by atoms with Crippen LogP contribution in [0, 0.1) is 31.6 Å². The lowest BCUT2D eigenvalue weighted by molar-refractivity contribution is -0.122. The number of aryl methyl sites for hydroxylation is 2. The number of hydrogen-bond donors (Lipinski definition) is 1. The Morgan fingerprint density at radius 2 is 1.81 bits per heavy atom. The number of hydrogen-bond acceptors (Lipinski definition) is 1. The summed E-state index contributed by atoms with van der Waals surface area (Å²) in [5.74, 6) is 1.51. The summed E-state index contributed by atoms with van der Waals surface area (Å²) in [5.41, 5.74) is 3.44. The molecule has 2 unspecified atom stereocenters. The SMILES string of the molecule is Cc1ccc(NC(=O)C2CCCCCC2C(C)C)cc1C. The van der Waals surface area contributed by atoms with E-state index in [1.54, 1.807) is 0 Å². The van der Waals surface area contributed by atoms with Crippen molar-refractivity contribution in [3.8, 4) is 0 Å². The lowest BCUT2D eigenvalue weighted by Crippen LogP contribution is -2.31. The summed E-state index contributed by atoms with van der Waals surface area (Å²) < 4.78 is 0. The first-order valence-electron chi connectivity index (χ1n) is 8.37. The molecule has 1 aliphatic rings. The molecule has 1 aliphatic carbocycles. The molecule has 0 radical (unpaired) electrons. The van der Waals surface area contributed by atoms with Crippen LogP contribution >= 0.6 is 0 Å². The van der Waals surface area contributed by atoms with Gasteiger partial charge >= 0.3 is 0 Å². The molecular weight excluding hydrogens is 258 g/mol. The molecule has 1 saturated carbocycles. The van der Waals surface area contributed by atoms with E-state index in [0.717, 1.165) is 12.1 Å². The number of amides is 1. The van der Waals surface area contributed by atoms with Crippen molar-refractivity contribution in [3.05, 3.63) is 29.3 Å². The summed E-state index contributed by atoms with van der Waals surface area (Å²) in [5, 5.41) is 3.15. The molecule has 0 saturated heterocycles. The van der Waals surface area contributed by atoms with Gasteiger partial charge in [-0.1, -0.05) is 39.2 Å². The van der Waals surface area contributed by atoms with Crippen LogP contribution in [0.4, 0.5) is 5.69 Å². The molecule has 2 rings (SSSR count). The van der Waals surface area contributed by atoms with E-state index >= 15 is 0 Å². The molecule has 116 valence electrons. The van der Waals surface area contributed by atoms with Crippen molar-refractivity contribution in [2.24, 2.45) is 17.8 Å². The van der Waals surface area contributed by atoms with Crippen molar-refractivity contribution in [1.82, 2.24) is 0 Å². The van der Waals surface area contributed by atoms with E-state index < -0.39 is 0 Å². The summed E-state index contributed by atoms with van der Waals surface area (Å²) in [4.78, 5) is 12.7. The van der Waals surface area contributed by atoms with Crippen LogP contribution in [0.15, 0.2) is 18.2 Å². The fourth-order valence-electron chi connectivity index (χ4n) is 3.51. The predicted octanol–water partition coefficient (Wildman–Crippen LogP) is 5.09. The smallest absolute Gasteiger partial charge is 0.227 e. The molecule has 0 bridgehead atoms. The first-order chi connectivity index (χ1) is 9.99. The van der Waals surface area contributed by atoms with Gasteiger partial charge in [0.15, 0.2) is 0 Å². The molecule has 0 heterocycles. The predicted molar refractivity (Wildman–Crippen MR) is 89.4 cm³/mol. The Bertz CT molecular complexity index is 492. The van der Waals surface area contributed by atoms with Gasteiger partial charge in [-0.25, -0.2) is 0 Å². The van der Waals surface area contributed by atoms with Crippen molar-refractivity contribution in [2.75, 3.05) is 5.32 Å².